The molecule has 0 fully saturated rings. The van der Waals surface area contributed by atoms with Crippen LogP contribution in [0, 0.1) is 5.82 Å². The van der Waals surface area contributed by atoms with E-state index >= 15 is 0 Å². The van der Waals surface area contributed by atoms with E-state index in [1.54, 1.807) is 12.1 Å². The minimum absolute atomic E-state index is 0.171. The Kier molecular flexibility index (Phi) is 5.98. The molecule has 0 saturated heterocycles. The van der Waals surface area contributed by atoms with Gasteiger partial charge in [0.05, 0.1) is 0 Å². The van der Waals surface area contributed by atoms with Crippen molar-refractivity contribution >= 4 is 5.69 Å². The Bertz CT molecular complexity index is 326. The lowest BCUT2D eigenvalue weighted by Crippen LogP contribution is -2.25. The zero-order chi connectivity index (χ0) is 12.7. The molecule has 2 nitrogen and oxygen atoms in total. The standard InChI is InChI=1S/C14H23FN2/c1-12(2)16-9-4-5-10-17(3)14-8-6-7-13(15)11-14/h6-8,11-12,16H,4-5,9-10H2,1-3H3. The number of nitrogens with zero attached hydrogens (tertiary/aromatic N) is 1. The van der Waals surface area contributed by atoms with Gasteiger partial charge in [-0.3, -0.25) is 0 Å². The normalized spacial score (nSPS) is 10.9. The van der Waals surface area contributed by atoms with Crippen LogP contribution in [0.4, 0.5) is 10.1 Å². The number of nitrogens with one attached hydrogen (secondary N) is 1. The van der Waals surface area contributed by atoms with Crippen molar-refractivity contribution in [2.24, 2.45) is 0 Å². The zero-order valence-corrected chi connectivity index (χ0v) is 11.0. The van der Waals surface area contributed by atoms with Crippen LogP contribution >= 0.6 is 0 Å². The maximum atomic E-state index is 13.0. The van der Waals surface area contributed by atoms with Gasteiger partial charge in [0.1, 0.15) is 5.82 Å². The minimum atomic E-state index is -0.171. The molecule has 1 aromatic rings. The third-order valence-electron chi connectivity index (χ3n) is 2.72. The number of anilines is 1. The monoisotopic (exact) mass is 238 g/mol. The van der Waals surface area contributed by atoms with Gasteiger partial charge in [0.2, 0.25) is 0 Å². The zero-order valence-electron chi connectivity index (χ0n) is 11.0. The highest BCUT2D eigenvalue weighted by atomic mass is 19.1. The van der Waals surface area contributed by atoms with Crippen LogP contribution < -0.4 is 10.2 Å². The lowest BCUT2D eigenvalue weighted by atomic mass is 10.2. The van der Waals surface area contributed by atoms with Crippen LogP contribution in [-0.2, 0) is 0 Å². The minimum Gasteiger partial charge on any atom is -0.375 e. The smallest absolute Gasteiger partial charge is 0.125 e. The number of rotatable bonds is 7. The molecular formula is C14H23FN2. The summed E-state index contributed by atoms with van der Waals surface area (Å²) in [7, 11) is 2.00. The Labute approximate surface area is 104 Å². The van der Waals surface area contributed by atoms with Crippen molar-refractivity contribution in [3.05, 3.63) is 30.1 Å². The molecule has 0 amide bonds. The fourth-order valence-corrected chi connectivity index (χ4v) is 1.71. The van der Waals surface area contributed by atoms with Crippen LogP contribution in [0.5, 0.6) is 0 Å². The SMILES string of the molecule is CC(C)NCCCCN(C)c1cccc(F)c1. The predicted octanol–water partition coefficient (Wildman–Crippen LogP) is 3.04. The highest BCUT2D eigenvalue weighted by molar-refractivity contribution is 5.45. The van der Waals surface area contributed by atoms with Gasteiger partial charge >= 0.3 is 0 Å². The van der Waals surface area contributed by atoms with Gasteiger partial charge in [-0.2, -0.15) is 0 Å². The van der Waals surface area contributed by atoms with Gasteiger partial charge in [0, 0.05) is 25.3 Å². The molecule has 0 heterocycles. The molecule has 17 heavy (non-hydrogen) atoms. The van der Waals surface area contributed by atoms with E-state index in [2.05, 4.69) is 24.1 Å². The van der Waals surface area contributed by atoms with Crippen molar-refractivity contribution in [1.82, 2.24) is 5.32 Å². The fraction of sp³-hybridized carbons (Fsp3) is 0.571. The van der Waals surface area contributed by atoms with E-state index in [-0.39, 0.29) is 5.82 Å². The summed E-state index contributed by atoms with van der Waals surface area (Å²) in [6, 6.07) is 7.30. The average Bonchev–Trinajstić information content (AvgIpc) is 2.28. The van der Waals surface area contributed by atoms with Gasteiger partial charge in [-0.25, -0.2) is 4.39 Å². The van der Waals surface area contributed by atoms with Crippen molar-refractivity contribution in [1.29, 1.82) is 0 Å². The Morgan fingerprint density at radius 1 is 1.29 bits per heavy atom. The molecular weight excluding hydrogens is 215 g/mol. The molecule has 0 saturated carbocycles. The molecule has 0 spiro atoms. The highest BCUT2D eigenvalue weighted by Gasteiger charge is 2.01. The summed E-state index contributed by atoms with van der Waals surface area (Å²) in [4.78, 5) is 2.10. The first-order valence-corrected chi connectivity index (χ1v) is 6.29. The van der Waals surface area contributed by atoms with Gasteiger partial charge in [0.25, 0.3) is 0 Å². The second-order valence-corrected chi connectivity index (χ2v) is 4.72. The molecule has 0 unspecified atom stereocenters. The first-order chi connectivity index (χ1) is 8.09. The molecule has 1 rings (SSSR count). The summed E-state index contributed by atoms with van der Waals surface area (Å²) in [5, 5.41) is 3.39. The van der Waals surface area contributed by atoms with Crippen LogP contribution in [0.25, 0.3) is 0 Å². The molecule has 3 heteroatoms. The summed E-state index contributed by atoms with van der Waals surface area (Å²) in [5.74, 6) is -0.171. The first kappa shape index (κ1) is 14.0. The van der Waals surface area contributed by atoms with Crippen LogP contribution in [0.3, 0.4) is 0 Å². The Hall–Kier alpha value is -1.09. The molecule has 0 bridgehead atoms. The molecule has 0 aliphatic rings. The molecule has 0 aliphatic heterocycles. The van der Waals surface area contributed by atoms with Crippen molar-refractivity contribution in [3.8, 4) is 0 Å². The number of halogens is 1. The lowest BCUT2D eigenvalue weighted by Gasteiger charge is -2.19. The number of hydrogen-bond donors (Lipinski definition) is 1. The molecule has 96 valence electrons. The van der Waals surface area contributed by atoms with Crippen LogP contribution in [-0.4, -0.2) is 26.2 Å². The topological polar surface area (TPSA) is 15.3 Å². The van der Waals surface area contributed by atoms with E-state index in [1.165, 1.54) is 6.07 Å². The van der Waals surface area contributed by atoms with E-state index in [9.17, 15) is 4.39 Å². The number of benzene rings is 1. The second kappa shape index (κ2) is 7.28. The summed E-state index contributed by atoms with van der Waals surface area (Å²) < 4.78 is 13.0. The van der Waals surface area contributed by atoms with Crippen LogP contribution in [0.2, 0.25) is 0 Å². The van der Waals surface area contributed by atoms with Gasteiger partial charge in [0.15, 0.2) is 0 Å². The van der Waals surface area contributed by atoms with Crippen molar-refractivity contribution in [2.45, 2.75) is 32.7 Å². The molecule has 1 N–H and O–H groups in total. The molecule has 0 aliphatic carbocycles. The largest absolute Gasteiger partial charge is 0.375 e. The average molecular weight is 238 g/mol. The van der Waals surface area contributed by atoms with Crippen LogP contribution in [0.15, 0.2) is 24.3 Å². The maximum absolute atomic E-state index is 13.0. The predicted molar refractivity (Wildman–Crippen MR) is 72.0 cm³/mol. The summed E-state index contributed by atoms with van der Waals surface area (Å²) >= 11 is 0. The Morgan fingerprint density at radius 3 is 2.71 bits per heavy atom. The fourth-order valence-electron chi connectivity index (χ4n) is 1.71. The first-order valence-electron chi connectivity index (χ1n) is 6.29. The summed E-state index contributed by atoms with van der Waals surface area (Å²) in [6.45, 7) is 6.32. The maximum Gasteiger partial charge on any atom is 0.125 e. The molecule has 0 atom stereocenters. The van der Waals surface area contributed by atoms with Crippen LogP contribution in [0.1, 0.15) is 26.7 Å². The van der Waals surface area contributed by atoms with Gasteiger partial charge in [-0.15, -0.1) is 0 Å². The molecule has 0 aromatic heterocycles. The third kappa shape index (κ3) is 5.68. The molecule has 0 radical (unpaired) electrons. The third-order valence-corrected chi connectivity index (χ3v) is 2.72. The summed E-state index contributed by atoms with van der Waals surface area (Å²) in [5.41, 5.74) is 0.946. The number of hydrogen-bond acceptors (Lipinski definition) is 2. The Morgan fingerprint density at radius 2 is 2.06 bits per heavy atom. The quantitative estimate of drug-likeness (QED) is 0.734. The van der Waals surface area contributed by atoms with Gasteiger partial charge in [-0.1, -0.05) is 19.9 Å². The number of unbranched alkanes of at least 4 members (excludes halogenated alkanes) is 1. The highest BCUT2D eigenvalue weighted by Crippen LogP contribution is 2.14. The van der Waals surface area contributed by atoms with Gasteiger partial charge in [-0.05, 0) is 37.6 Å². The Balaban J connectivity index is 2.23. The van der Waals surface area contributed by atoms with E-state index in [4.69, 9.17) is 0 Å². The van der Waals surface area contributed by atoms with Crippen molar-refractivity contribution in [3.63, 3.8) is 0 Å². The van der Waals surface area contributed by atoms with E-state index in [0.29, 0.717) is 6.04 Å². The lowest BCUT2D eigenvalue weighted by molar-refractivity contribution is 0.557. The summed E-state index contributed by atoms with van der Waals surface area (Å²) in [6.07, 6.45) is 2.27. The van der Waals surface area contributed by atoms with Gasteiger partial charge < -0.3 is 10.2 Å². The van der Waals surface area contributed by atoms with E-state index < -0.39 is 0 Å². The molecule has 1 aromatic carbocycles. The van der Waals surface area contributed by atoms with Crippen molar-refractivity contribution in [2.75, 3.05) is 25.0 Å². The van der Waals surface area contributed by atoms with E-state index in [1.807, 2.05) is 13.1 Å². The second-order valence-electron chi connectivity index (χ2n) is 4.72. The van der Waals surface area contributed by atoms with Crippen molar-refractivity contribution < 1.29 is 4.39 Å². The van der Waals surface area contributed by atoms with E-state index in [0.717, 1.165) is 31.6 Å².